The normalized spacial score (nSPS) is 24.3. The molecule has 2 fully saturated rings. The lowest BCUT2D eigenvalue weighted by atomic mass is 9.98. The zero-order chi connectivity index (χ0) is 18.4. The van der Waals surface area contributed by atoms with Gasteiger partial charge in [-0.3, -0.25) is 14.6 Å². The fourth-order valence-electron chi connectivity index (χ4n) is 4.50. The van der Waals surface area contributed by atoms with Gasteiger partial charge in [0, 0.05) is 31.7 Å². The maximum Gasteiger partial charge on any atom is 0.325 e. The molecule has 0 bridgehead atoms. The molecule has 2 aliphatic heterocycles. The Bertz CT molecular complexity index is 725. The highest BCUT2D eigenvalue weighted by Crippen LogP contribution is 2.35. The van der Waals surface area contributed by atoms with Gasteiger partial charge in [0.2, 0.25) is 0 Å². The first-order valence-electron chi connectivity index (χ1n) is 9.52. The molecule has 26 heavy (non-hydrogen) atoms. The largest absolute Gasteiger partial charge is 0.486 e. The van der Waals surface area contributed by atoms with Crippen LogP contribution in [0.3, 0.4) is 0 Å². The third-order valence-corrected chi connectivity index (χ3v) is 5.70. The van der Waals surface area contributed by atoms with Crippen LogP contribution in [0, 0.1) is 0 Å². The molecule has 1 saturated heterocycles. The van der Waals surface area contributed by atoms with Crippen molar-refractivity contribution >= 4 is 11.9 Å². The Balaban J connectivity index is 1.46. The average molecular weight is 357 g/mol. The Morgan fingerprint density at radius 2 is 1.85 bits per heavy atom. The zero-order valence-electron chi connectivity index (χ0n) is 15.6. The lowest BCUT2D eigenvalue weighted by molar-refractivity contribution is -0.131. The summed E-state index contributed by atoms with van der Waals surface area (Å²) in [6, 6.07) is 7.84. The standard InChI is InChI=1S/C20H27N3O3/c1-19(2)14-22(13-15-7-3-4-8-16(15)26-19)11-12-23-17(24)20(21-18(23)25)9-5-6-10-20/h3-4,7-8H,5-6,9-14H2,1-2H3,(H,21,25). The van der Waals surface area contributed by atoms with Crippen molar-refractivity contribution in [2.75, 3.05) is 19.6 Å². The average Bonchev–Trinajstić information content (AvgIpc) is 3.09. The predicted octanol–water partition coefficient (Wildman–Crippen LogP) is 2.52. The Morgan fingerprint density at radius 1 is 1.12 bits per heavy atom. The predicted molar refractivity (Wildman–Crippen MR) is 97.9 cm³/mol. The van der Waals surface area contributed by atoms with E-state index >= 15 is 0 Å². The van der Waals surface area contributed by atoms with Gasteiger partial charge in [-0.15, -0.1) is 0 Å². The number of nitrogens with zero attached hydrogens (tertiary/aromatic N) is 2. The summed E-state index contributed by atoms with van der Waals surface area (Å²) in [5.74, 6) is 0.880. The lowest BCUT2D eigenvalue weighted by Gasteiger charge is -2.30. The van der Waals surface area contributed by atoms with Gasteiger partial charge in [0.25, 0.3) is 5.91 Å². The number of carbonyl (C=O) groups is 2. The molecule has 1 N–H and O–H groups in total. The van der Waals surface area contributed by atoms with Crippen LogP contribution in [0.25, 0.3) is 0 Å². The van der Waals surface area contributed by atoms with E-state index in [0.29, 0.717) is 13.1 Å². The fourth-order valence-corrected chi connectivity index (χ4v) is 4.50. The van der Waals surface area contributed by atoms with Gasteiger partial charge < -0.3 is 10.1 Å². The minimum Gasteiger partial charge on any atom is -0.486 e. The summed E-state index contributed by atoms with van der Waals surface area (Å²) in [6.45, 7) is 6.72. The van der Waals surface area contributed by atoms with Gasteiger partial charge in [-0.2, -0.15) is 0 Å². The first-order chi connectivity index (χ1) is 12.4. The molecule has 0 unspecified atom stereocenters. The Kier molecular flexibility index (Phi) is 4.18. The topological polar surface area (TPSA) is 61.9 Å². The van der Waals surface area contributed by atoms with E-state index in [-0.39, 0.29) is 17.5 Å². The molecule has 140 valence electrons. The second kappa shape index (κ2) is 6.27. The quantitative estimate of drug-likeness (QED) is 0.845. The molecule has 1 aliphatic carbocycles. The number of hydrogen-bond acceptors (Lipinski definition) is 4. The van der Waals surface area contributed by atoms with E-state index in [1.807, 2.05) is 18.2 Å². The number of para-hydroxylation sites is 1. The minimum atomic E-state index is -0.620. The fraction of sp³-hybridized carbons (Fsp3) is 0.600. The number of amides is 3. The van der Waals surface area contributed by atoms with Gasteiger partial charge in [-0.25, -0.2) is 4.79 Å². The summed E-state index contributed by atoms with van der Waals surface area (Å²) in [5.41, 5.74) is 0.198. The van der Waals surface area contributed by atoms with Gasteiger partial charge in [0.05, 0.1) is 0 Å². The van der Waals surface area contributed by atoms with E-state index in [0.717, 1.165) is 50.1 Å². The monoisotopic (exact) mass is 357 g/mol. The molecule has 0 aromatic heterocycles. The minimum absolute atomic E-state index is 0.0364. The maximum absolute atomic E-state index is 12.8. The maximum atomic E-state index is 12.8. The van der Waals surface area contributed by atoms with Crippen molar-refractivity contribution in [3.63, 3.8) is 0 Å². The van der Waals surface area contributed by atoms with Crippen molar-refractivity contribution in [1.29, 1.82) is 0 Å². The second-order valence-electron chi connectivity index (χ2n) is 8.36. The summed E-state index contributed by atoms with van der Waals surface area (Å²) in [4.78, 5) is 28.9. The number of fused-ring (bicyclic) bond motifs is 1. The summed E-state index contributed by atoms with van der Waals surface area (Å²) in [6.07, 6.45) is 3.56. The van der Waals surface area contributed by atoms with Gasteiger partial charge in [-0.05, 0) is 32.8 Å². The van der Waals surface area contributed by atoms with Crippen molar-refractivity contribution in [1.82, 2.24) is 15.1 Å². The Hall–Kier alpha value is -2.08. The number of imide groups is 1. The number of carbonyl (C=O) groups excluding carboxylic acids is 2. The molecule has 3 aliphatic rings. The van der Waals surface area contributed by atoms with Gasteiger partial charge in [0.15, 0.2) is 0 Å². The van der Waals surface area contributed by atoms with E-state index in [2.05, 4.69) is 30.1 Å². The number of benzene rings is 1. The highest BCUT2D eigenvalue weighted by Gasteiger charge is 2.52. The van der Waals surface area contributed by atoms with E-state index < -0.39 is 5.54 Å². The lowest BCUT2D eigenvalue weighted by Crippen LogP contribution is -2.46. The molecular weight excluding hydrogens is 330 g/mol. The van der Waals surface area contributed by atoms with Crippen LogP contribution >= 0.6 is 0 Å². The van der Waals surface area contributed by atoms with Crippen LogP contribution in [0.1, 0.15) is 45.1 Å². The number of nitrogens with one attached hydrogen (secondary N) is 1. The number of hydrogen-bond donors (Lipinski definition) is 1. The van der Waals surface area contributed by atoms with Crippen LogP contribution in [0.2, 0.25) is 0 Å². The third-order valence-electron chi connectivity index (χ3n) is 5.70. The SMILES string of the molecule is CC1(C)CN(CCN2C(=O)NC3(CCCC3)C2=O)Cc2ccccc2O1. The van der Waals surface area contributed by atoms with Crippen molar-refractivity contribution in [3.05, 3.63) is 29.8 Å². The molecule has 0 radical (unpaired) electrons. The van der Waals surface area contributed by atoms with Crippen LogP contribution in [-0.2, 0) is 11.3 Å². The molecule has 6 nitrogen and oxygen atoms in total. The van der Waals surface area contributed by atoms with Crippen LogP contribution in [-0.4, -0.2) is 52.5 Å². The number of rotatable bonds is 3. The summed E-state index contributed by atoms with van der Waals surface area (Å²) in [5, 5.41) is 2.96. The summed E-state index contributed by atoms with van der Waals surface area (Å²) in [7, 11) is 0. The van der Waals surface area contributed by atoms with Crippen molar-refractivity contribution in [2.45, 2.75) is 57.2 Å². The molecular formula is C20H27N3O3. The zero-order valence-corrected chi connectivity index (χ0v) is 15.6. The highest BCUT2D eigenvalue weighted by molar-refractivity contribution is 6.07. The van der Waals surface area contributed by atoms with Crippen LogP contribution < -0.4 is 10.1 Å². The number of urea groups is 1. The van der Waals surface area contributed by atoms with Crippen molar-refractivity contribution < 1.29 is 14.3 Å². The smallest absolute Gasteiger partial charge is 0.325 e. The molecule has 2 heterocycles. The molecule has 4 rings (SSSR count). The molecule has 3 amide bonds. The molecule has 6 heteroatoms. The van der Waals surface area contributed by atoms with E-state index in [4.69, 9.17) is 4.74 Å². The molecule has 1 saturated carbocycles. The van der Waals surface area contributed by atoms with Crippen LogP contribution in [0.5, 0.6) is 5.75 Å². The van der Waals surface area contributed by atoms with Gasteiger partial charge in [-0.1, -0.05) is 31.0 Å². The van der Waals surface area contributed by atoms with Crippen molar-refractivity contribution in [2.24, 2.45) is 0 Å². The van der Waals surface area contributed by atoms with E-state index in [9.17, 15) is 9.59 Å². The van der Waals surface area contributed by atoms with Crippen LogP contribution in [0.15, 0.2) is 24.3 Å². The molecule has 1 spiro atoms. The van der Waals surface area contributed by atoms with Crippen LogP contribution in [0.4, 0.5) is 4.79 Å². The molecule has 0 atom stereocenters. The first-order valence-corrected chi connectivity index (χ1v) is 9.52. The first kappa shape index (κ1) is 17.3. The van der Waals surface area contributed by atoms with E-state index in [1.54, 1.807) is 0 Å². The van der Waals surface area contributed by atoms with E-state index in [1.165, 1.54) is 4.90 Å². The third kappa shape index (κ3) is 3.07. The van der Waals surface area contributed by atoms with Gasteiger partial charge >= 0.3 is 6.03 Å². The van der Waals surface area contributed by atoms with Gasteiger partial charge in [0.1, 0.15) is 16.9 Å². The number of ether oxygens (including phenoxy) is 1. The highest BCUT2D eigenvalue weighted by atomic mass is 16.5. The van der Waals surface area contributed by atoms with Crippen molar-refractivity contribution in [3.8, 4) is 5.75 Å². The molecule has 1 aromatic rings. The Morgan fingerprint density at radius 3 is 2.62 bits per heavy atom. The molecule has 1 aromatic carbocycles. The summed E-state index contributed by atoms with van der Waals surface area (Å²) >= 11 is 0. The second-order valence-corrected chi connectivity index (χ2v) is 8.36. The summed E-state index contributed by atoms with van der Waals surface area (Å²) < 4.78 is 6.16. The Labute approximate surface area is 154 Å².